The molecule has 0 aliphatic rings. The van der Waals surface area contributed by atoms with E-state index < -0.39 is 18.4 Å². The van der Waals surface area contributed by atoms with Gasteiger partial charge in [-0.15, -0.1) is 11.3 Å². The number of hydrogen-bond acceptors (Lipinski definition) is 2. The maximum absolute atomic E-state index is 11.8. The maximum Gasteiger partial charge on any atom is 0.450 e. The Morgan fingerprint density at radius 2 is 2.15 bits per heavy atom. The quantitative estimate of drug-likeness (QED) is 0.760. The van der Waals surface area contributed by atoms with Gasteiger partial charge in [0.2, 0.25) is 5.78 Å². The molecule has 1 rings (SSSR count). The van der Waals surface area contributed by atoms with Gasteiger partial charge in [0, 0.05) is 6.42 Å². The van der Waals surface area contributed by atoms with Crippen LogP contribution in [0.15, 0.2) is 11.4 Å². The van der Waals surface area contributed by atoms with Gasteiger partial charge in [0.05, 0.1) is 4.34 Å². The lowest BCUT2D eigenvalue weighted by Crippen LogP contribution is -2.24. The number of carbonyl (C=O) groups excluding carboxylic acids is 1. The van der Waals surface area contributed by atoms with Gasteiger partial charge in [-0.25, -0.2) is 0 Å². The molecule has 0 aliphatic carbocycles. The molecule has 0 radical (unpaired) electrons. The Hall–Kier alpha value is -0.550. The normalized spacial score (nSPS) is 11.7. The molecule has 1 heterocycles. The van der Waals surface area contributed by atoms with Gasteiger partial charge < -0.3 is 0 Å². The fourth-order valence-corrected chi connectivity index (χ4v) is 1.63. The Balaban J connectivity index is 2.65. The summed E-state index contributed by atoms with van der Waals surface area (Å²) in [6.45, 7) is 0. The van der Waals surface area contributed by atoms with Crippen LogP contribution in [0.25, 0.3) is 0 Å². The smallest absolute Gasteiger partial charge is 0.289 e. The van der Waals surface area contributed by atoms with Gasteiger partial charge >= 0.3 is 6.18 Å². The van der Waals surface area contributed by atoms with E-state index in [9.17, 15) is 18.0 Å². The Bertz CT molecular complexity index is 318. The highest BCUT2D eigenvalue weighted by molar-refractivity contribution is 7.14. The Labute approximate surface area is 81.1 Å². The highest BCUT2D eigenvalue weighted by Crippen LogP contribution is 2.23. The zero-order valence-corrected chi connectivity index (χ0v) is 7.76. The molecule has 1 aromatic rings. The third kappa shape index (κ3) is 3.00. The molecular formula is C7H4ClF3OS. The number of Topliss-reactive ketones (excluding diaryl/α,β-unsaturated/α-hetero) is 1. The van der Waals surface area contributed by atoms with E-state index in [0.29, 0.717) is 9.90 Å². The summed E-state index contributed by atoms with van der Waals surface area (Å²) in [7, 11) is 0. The van der Waals surface area contributed by atoms with Crippen molar-refractivity contribution in [1.29, 1.82) is 0 Å². The van der Waals surface area contributed by atoms with Crippen molar-refractivity contribution >= 4 is 28.7 Å². The van der Waals surface area contributed by atoms with E-state index in [4.69, 9.17) is 11.6 Å². The molecule has 0 spiro atoms. The summed E-state index contributed by atoms with van der Waals surface area (Å²) in [5.74, 6) is -1.75. The Kier molecular flexibility index (Phi) is 2.98. The number of alkyl halides is 3. The van der Waals surface area contributed by atoms with E-state index in [2.05, 4.69) is 0 Å². The van der Waals surface area contributed by atoms with E-state index in [0.717, 1.165) is 11.3 Å². The zero-order chi connectivity index (χ0) is 10.1. The third-order valence-electron chi connectivity index (χ3n) is 1.30. The van der Waals surface area contributed by atoms with Crippen LogP contribution in [0.4, 0.5) is 13.2 Å². The van der Waals surface area contributed by atoms with Crippen LogP contribution in [-0.4, -0.2) is 12.0 Å². The molecule has 72 valence electrons. The van der Waals surface area contributed by atoms with Crippen molar-refractivity contribution in [3.05, 3.63) is 21.3 Å². The van der Waals surface area contributed by atoms with Crippen molar-refractivity contribution in [2.75, 3.05) is 0 Å². The van der Waals surface area contributed by atoms with Crippen molar-refractivity contribution in [1.82, 2.24) is 0 Å². The number of hydrogen-bond donors (Lipinski definition) is 0. The van der Waals surface area contributed by atoms with Gasteiger partial charge in [0.15, 0.2) is 0 Å². The number of thiophene rings is 1. The monoisotopic (exact) mass is 228 g/mol. The van der Waals surface area contributed by atoms with Crippen LogP contribution in [0.3, 0.4) is 0 Å². The maximum atomic E-state index is 11.8. The second kappa shape index (κ2) is 3.67. The van der Waals surface area contributed by atoms with Crippen molar-refractivity contribution in [3.8, 4) is 0 Å². The molecule has 0 N–H and O–H groups in total. The first-order chi connectivity index (χ1) is 5.89. The third-order valence-corrected chi connectivity index (χ3v) is 2.44. The number of ketones is 1. The van der Waals surface area contributed by atoms with Gasteiger partial charge in [0.25, 0.3) is 0 Å². The molecule has 13 heavy (non-hydrogen) atoms. The van der Waals surface area contributed by atoms with E-state index in [1.165, 1.54) is 11.4 Å². The summed E-state index contributed by atoms with van der Waals surface area (Å²) in [5.41, 5.74) is 0.303. The fourth-order valence-electron chi connectivity index (χ4n) is 0.724. The second-order valence-electron chi connectivity index (χ2n) is 2.36. The van der Waals surface area contributed by atoms with Crippen molar-refractivity contribution < 1.29 is 18.0 Å². The predicted molar refractivity (Wildman–Crippen MR) is 44.1 cm³/mol. The highest BCUT2D eigenvalue weighted by Gasteiger charge is 2.37. The summed E-state index contributed by atoms with van der Waals surface area (Å²) < 4.78 is 35.7. The zero-order valence-electron chi connectivity index (χ0n) is 6.19. The molecule has 1 nitrogen and oxygen atoms in total. The van der Waals surface area contributed by atoms with Gasteiger partial charge in [-0.05, 0) is 17.0 Å². The minimum atomic E-state index is -4.76. The van der Waals surface area contributed by atoms with Crippen molar-refractivity contribution in [2.24, 2.45) is 0 Å². The van der Waals surface area contributed by atoms with Crippen molar-refractivity contribution in [2.45, 2.75) is 12.6 Å². The molecule has 6 heteroatoms. The van der Waals surface area contributed by atoms with Crippen LogP contribution in [0.1, 0.15) is 5.56 Å². The SMILES string of the molecule is O=C(Cc1csc(Cl)c1)C(F)(F)F. The summed E-state index contributed by atoms with van der Waals surface area (Å²) in [6, 6.07) is 1.36. The molecule has 0 amide bonds. The average molecular weight is 229 g/mol. The molecule has 1 aromatic heterocycles. The van der Waals surface area contributed by atoms with Crippen LogP contribution < -0.4 is 0 Å². The largest absolute Gasteiger partial charge is 0.450 e. The number of carbonyl (C=O) groups is 1. The molecule has 0 bridgehead atoms. The molecular weight excluding hydrogens is 225 g/mol. The molecule has 0 aromatic carbocycles. The van der Waals surface area contributed by atoms with Crippen LogP contribution in [0.5, 0.6) is 0 Å². The first-order valence-electron chi connectivity index (χ1n) is 3.22. The molecule has 0 fully saturated rings. The Morgan fingerprint density at radius 3 is 2.54 bits per heavy atom. The average Bonchev–Trinajstić information content (AvgIpc) is 2.33. The van der Waals surface area contributed by atoms with E-state index in [1.807, 2.05) is 0 Å². The van der Waals surface area contributed by atoms with Crippen LogP contribution in [0.2, 0.25) is 4.34 Å². The first-order valence-corrected chi connectivity index (χ1v) is 4.48. The van der Waals surface area contributed by atoms with Gasteiger partial charge in [-0.1, -0.05) is 11.6 Å². The minimum absolute atomic E-state index is 0.303. The van der Waals surface area contributed by atoms with Crippen LogP contribution in [0, 0.1) is 0 Å². The van der Waals surface area contributed by atoms with E-state index in [-0.39, 0.29) is 0 Å². The summed E-state index contributed by atoms with van der Waals surface area (Å²) >= 11 is 6.59. The summed E-state index contributed by atoms with van der Waals surface area (Å²) in [6.07, 6.45) is -5.39. The van der Waals surface area contributed by atoms with E-state index >= 15 is 0 Å². The lowest BCUT2D eigenvalue weighted by molar-refractivity contribution is -0.170. The lowest BCUT2D eigenvalue weighted by atomic mass is 10.2. The van der Waals surface area contributed by atoms with Gasteiger partial charge in [0.1, 0.15) is 0 Å². The highest BCUT2D eigenvalue weighted by atomic mass is 35.5. The van der Waals surface area contributed by atoms with Crippen LogP contribution >= 0.6 is 22.9 Å². The van der Waals surface area contributed by atoms with Crippen molar-refractivity contribution in [3.63, 3.8) is 0 Å². The molecule has 0 aliphatic heterocycles. The topological polar surface area (TPSA) is 17.1 Å². The second-order valence-corrected chi connectivity index (χ2v) is 3.90. The predicted octanol–water partition coefficient (Wildman–Crippen LogP) is 3.08. The standard InChI is InChI=1S/C7H4ClF3OS/c8-6-2-4(3-13-6)1-5(12)7(9,10)11/h2-3H,1H2. The summed E-state index contributed by atoms with van der Waals surface area (Å²) in [4.78, 5) is 10.5. The minimum Gasteiger partial charge on any atom is -0.289 e. The summed E-state index contributed by atoms with van der Waals surface area (Å²) in [5, 5.41) is 1.44. The number of rotatable bonds is 2. The van der Waals surface area contributed by atoms with Gasteiger partial charge in [-0.2, -0.15) is 13.2 Å². The molecule has 0 saturated carbocycles. The van der Waals surface area contributed by atoms with E-state index in [1.54, 1.807) is 0 Å². The number of halogens is 4. The van der Waals surface area contributed by atoms with Gasteiger partial charge in [-0.3, -0.25) is 4.79 Å². The Morgan fingerprint density at radius 1 is 1.54 bits per heavy atom. The molecule has 0 atom stereocenters. The molecule has 0 unspecified atom stereocenters. The molecule has 0 saturated heterocycles. The van der Waals surface area contributed by atoms with Crippen LogP contribution in [-0.2, 0) is 11.2 Å². The first kappa shape index (κ1) is 10.5. The lowest BCUT2D eigenvalue weighted by Gasteiger charge is -2.02. The fraction of sp³-hybridized carbons (Fsp3) is 0.286.